The fraction of sp³-hybridized carbons (Fsp3) is 0.818. The van der Waals surface area contributed by atoms with Crippen LogP contribution < -0.4 is 5.32 Å². The predicted octanol–water partition coefficient (Wildman–Crippen LogP) is -0.346. The van der Waals surface area contributed by atoms with Crippen molar-refractivity contribution in [3.8, 4) is 6.07 Å². The van der Waals surface area contributed by atoms with E-state index in [1.165, 1.54) is 0 Å². The van der Waals surface area contributed by atoms with E-state index < -0.39 is 0 Å². The van der Waals surface area contributed by atoms with Crippen molar-refractivity contribution in [2.24, 2.45) is 0 Å². The van der Waals surface area contributed by atoms with Crippen molar-refractivity contribution >= 4 is 5.91 Å². The first kappa shape index (κ1) is 12.9. The molecule has 1 aliphatic rings. The second kappa shape index (κ2) is 7.20. The molecule has 5 heteroatoms. The quantitative estimate of drug-likeness (QED) is 0.649. The molecule has 0 aromatic carbocycles. The number of carbonyl (C=O) groups is 1. The van der Waals surface area contributed by atoms with Gasteiger partial charge in [0.05, 0.1) is 12.6 Å². The standard InChI is InChI=1S/C11H20N4O/c1-13-11(16)3-2-5-14-7-9-15(6-4-12)10-8-14/h2-3,5-10H2,1H3,(H,13,16). The first-order chi connectivity index (χ1) is 7.76. The van der Waals surface area contributed by atoms with Crippen molar-refractivity contribution in [1.82, 2.24) is 15.1 Å². The molecule has 0 aromatic rings. The average molecular weight is 224 g/mol. The minimum atomic E-state index is 0.114. The summed E-state index contributed by atoms with van der Waals surface area (Å²) in [7, 11) is 1.67. The second-order valence-corrected chi connectivity index (χ2v) is 4.05. The molecule has 1 aliphatic heterocycles. The maximum atomic E-state index is 11.0. The van der Waals surface area contributed by atoms with Crippen molar-refractivity contribution in [3.05, 3.63) is 0 Å². The summed E-state index contributed by atoms with van der Waals surface area (Å²) in [5, 5.41) is 11.2. The third-order valence-corrected chi connectivity index (χ3v) is 2.92. The van der Waals surface area contributed by atoms with Gasteiger partial charge >= 0.3 is 0 Å². The number of carbonyl (C=O) groups excluding carboxylic acids is 1. The molecule has 16 heavy (non-hydrogen) atoms. The normalized spacial score (nSPS) is 18.0. The van der Waals surface area contributed by atoms with Crippen LogP contribution in [0.3, 0.4) is 0 Å². The lowest BCUT2D eigenvalue weighted by atomic mass is 10.2. The SMILES string of the molecule is CNC(=O)CCCN1CCN(CC#N)CC1. The van der Waals surface area contributed by atoms with Crippen LogP contribution in [0.4, 0.5) is 0 Å². The predicted molar refractivity (Wildman–Crippen MR) is 61.8 cm³/mol. The van der Waals surface area contributed by atoms with Gasteiger partial charge in [-0.25, -0.2) is 0 Å². The van der Waals surface area contributed by atoms with Gasteiger partial charge in [0.15, 0.2) is 0 Å². The molecule has 1 saturated heterocycles. The molecule has 90 valence electrons. The van der Waals surface area contributed by atoms with E-state index in [9.17, 15) is 4.79 Å². The zero-order valence-electron chi connectivity index (χ0n) is 9.91. The summed E-state index contributed by atoms with van der Waals surface area (Å²) in [6.07, 6.45) is 1.52. The number of amides is 1. The fourth-order valence-corrected chi connectivity index (χ4v) is 1.86. The van der Waals surface area contributed by atoms with Crippen LogP contribution in [0, 0.1) is 11.3 Å². The third-order valence-electron chi connectivity index (χ3n) is 2.92. The minimum absolute atomic E-state index is 0.114. The molecular formula is C11H20N4O. The van der Waals surface area contributed by atoms with E-state index in [0.29, 0.717) is 13.0 Å². The molecule has 0 aromatic heterocycles. The van der Waals surface area contributed by atoms with Crippen LogP contribution in [0.25, 0.3) is 0 Å². The third kappa shape index (κ3) is 4.60. The highest BCUT2D eigenvalue weighted by Crippen LogP contribution is 2.02. The van der Waals surface area contributed by atoms with E-state index in [1.807, 2.05) is 0 Å². The number of rotatable bonds is 5. The number of hydrogen-bond donors (Lipinski definition) is 1. The van der Waals surface area contributed by atoms with Crippen LogP contribution in [0.1, 0.15) is 12.8 Å². The molecule has 1 N–H and O–H groups in total. The Morgan fingerprint density at radius 3 is 2.50 bits per heavy atom. The van der Waals surface area contributed by atoms with E-state index in [2.05, 4.69) is 21.2 Å². The molecule has 1 rings (SSSR count). The van der Waals surface area contributed by atoms with Crippen LogP contribution in [-0.4, -0.2) is 62.0 Å². The lowest BCUT2D eigenvalue weighted by molar-refractivity contribution is -0.120. The highest BCUT2D eigenvalue weighted by Gasteiger charge is 2.15. The smallest absolute Gasteiger partial charge is 0.219 e. The highest BCUT2D eigenvalue weighted by molar-refractivity contribution is 5.75. The van der Waals surface area contributed by atoms with E-state index in [0.717, 1.165) is 39.1 Å². The number of nitriles is 1. The van der Waals surface area contributed by atoms with Crippen molar-refractivity contribution in [2.45, 2.75) is 12.8 Å². The van der Waals surface area contributed by atoms with Crippen LogP contribution in [0.2, 0.25) is 0 Å². The number of piperazine rings is 1. The molecule has 1 heterocycles. The van der Waals surface area contributed by atoms with Crippen molar-refractivity contribution in [1.29, 1.82) is 5.26 Å². The first-order valence-electron chi connectivity index (χ1n) is 5.78. The van der Waals surface area contributed by atoms with Crippen LogP contribution in [-0.2, 0) is 4.79 Å². The summed E-state index contributed by atoms with van der Waals surface area (Å²) in [6.45, 7) is 5.46. The Morgan fingerprint density at radius 2 is 1.94 bits per heavy atom. The Morgan fingerprint density at radius 1 is 1.31 bits per heavy atom. The Hall–Kier alpha value is -1.12. The number of hydrogen-bond acceptors (Lipinski definition) is 4. The molecule has 0 saturated carbocycles. The molecule has 0 unspecified atom stereocenters. The van der Waals surface area contributed by atoms with E-state index in [4.69, 9.17) is 5.26 Å². The van der Waals surface area contributed by atoms with Gasteiger partial charge in [0, 0.05) is 39.6 Å². The largest absolute Gasteiger partial charge is 0.359 e. The van der Waals surface area contributed by atoms with Gasteiger partial charge in [0.25, 0.3) is 0 Å². The van der Waals surface area contributed by atoms with Gasteiger partial charge in [0.1, 0.15) is 0 Å². The summed E-state index contributed by atoms with van der Waals surface area (Å²) >= 11 is 0. The monoisotopic (exact) mass is 224 g/mol. The van der Waals surface area contributed by atoms with Gasteiger partial charge in [-0.05, 0) is 13.0 Å². The van der Waals surface area contributed by atoms with Crippen LogP contribution in [0.5, 0.6) is 0 Å². The van der Waals surface area contributed by atoms with E-state index in [-0.39, 0.29) is 5.91 Å². The molecule has 5 nitrogen and oxygen atoms in total. The molecule has 0 aliphatic carbocycles. The van der Waals surface area contributed by atoms with Gasteiger partial charge in [-0.1, -0.05) is 0 Å². The van der Waals surface area contributed by atoms with Gasteiger partial charge < -0.3 is 10.2 Å². The molecule has 0 spiro atoms. The zero-order valence-corrected chi connectivity index (χ0v) is 9.91. The number of nitrogens with zero attached hydrogens (tertiary/aromatic N) is 3. The topological polar surface area (TPSA) is 59.4 Å². The zero-order chi connectivity index (χ0) is 11.8. The van der Waals surface area contributed by atoms with E-state index >= 15 is 0 Å². The lowest BCUT2D eigenvalue weighted by Gasteiger charge is -2.33. The summed E-state index contributed by atoms with van der Waals surface area (Å²) in [5.74, 6) is 0.114. The molecule has 1 amide bonds. The molecular weight excluding hydrogens is 204 g/mol. The summed E-state index contributed by atoms with van der Waals surface area (Å²) in [5.41, 5.74) is 0. The summed E-state index contributed by atoms with van der Waals surface area (Å²) in [4.78, 5) is 15.5. The van der Waals surface area contributed by atoms with Crippen molar-refractivity contribution < 1.29 is 4.79 Å². The van der Waals surface area contributed by atoms with Crippen molar-refractivity contribution in [2.75, 3.05) is 46.3 Å². The molecule has 1 fully saturated rings. The molecule has 0 radical (unpaired) electrons. The lowest BCUT2D eigenvalue weighted by Crippen LogP contribution is -2.46. The number of nitrogens with one attached hydrogen (secondary N) is 1. The van der Waals surface area contributed by atoms with Gasteiger partial charge in [-0.3, -0.25) is 9.69 Å². The van der Waals surface area contributed by atoms with Gasteiger partial charge in [0.2, 0.25) is 5.91 Å². The highest BCUT2D eigenvalue weighted by atomic mass is 16.1. The van der Waals surface area contributed by atoms with Gasteiger partial charge in [-0.2, -0.15) is 5.26 Å². The van der Waals surface area contributed by atoms with Gasteiger partial charge in [-0.15, -0.1) is 0 Å². The maximum absolute atomic E-state index is 11.0. The summed E-state index contributed by atoms with van der Waals surface area (Å²) in [6, 6.07) is 2.17. The van der Waals surface area contributed by atoms with Crippen LogP contribution >= 0.6 is 0 Å². The first-order valence-corrected chi connectivity index (χ1v) is 5.78. The average Bonchev–Trinajstić information content (AvgIpc) is 2.31. The molecule has 0 atom stereocenters. The second-order valence-electron chi connectivity index (χ2n) is 4.05. The summed E-state index contributed by atoms with van der Waals surface area (Å²) < 4.78 is 0. The Labute approximate surface area is 97.0 Å². The molecule has 0 bridgehead atoms. The van der Waals surface area contributed by atoms with Crippen molar-refractivity contribution in [3.63, 3.8) is 0 Å². The van der Waals surface area contributed by atoms with Crippen LogP contribution in [0.15, 0.2) is 0 Å². The Bertz CT molecular complexity index is 253. The fourth-order valence-electron chi connectivity index (χ4n) is 1.86. The maximum Gasteiger partial charge on any atom is 0.219 e. The Balaban J connectivity index is 2.08. The minimum Gasteiger partial charge on any atom is -0.359 e. The Kier molecular flexibility index (Phi) is 5.83. The van der Waals surface area contributed by atoms with E-state index in [1.54, 1.807) is 7.05 Å².